The number of carbonyl (C=O) groups is 1. The van der Waals surface area contributed by atoms with Crippen molar-refractivity contribution < 1.29 is 13.2 Å². The van der Waals surface area contributed by atoms with Crippen LogP contribution in [0.25, 0.3) is 0 Å². The Bertz CT molecular complexity index is 328. The standard InChI is InChI=1S/C8H17N3O3S/c1-15(13,14)10-2-3-11-6-7(5-9)4-8(11)12/h7,10H,2-6,9H2,1H3. The molecular weight excluding hydrogens is 218 g/mol. The highest BCUT2D eigenvalue weighted by atomic mass is 32.2. The molecule has 1 amide bonds. The first-order valence-electron chi connectivity index (χ1n) is 4.85. The first kappa shape index (κ1) is 12.4. The van der Waals surface area contributed by atoms with E-state index in [1.807, 2.05) is 0 Å². The second-order valence-corrected chi connectivity index (χ2v) is 5.65. The van der Waals surface area contributed by atoms with Crippen molar-refractivity contribution in [3.8, 4) is 0 Å². The molecule has 0 aliphatic carbocycles. The number of likely N-dealkylation sites (tertiary alicyclic amines) is 1. The van der Waals surface area contributed by atoms with Crippen LogP contribution in [0.2, 0.25) is 0 Å². The molecule has 15 heavy (non-hydrogen) atoms. The Labute approximate surface area is 89.9 Å². The number of rotatable bonds is 5. The first-order chi connectivity index (χ1) is 6.92. The van der Waals surface area contributed by atoms with Crippen molar-refractivity contribution in [3.05, 3.63) is 0 Å². The van der Waals surface area contributed by atoms with Crippen LogP contribution in [0.5, 0.6) is 0 Å². The van der Waals surface area contributed by atoms with Crippen LogP contribution in [-0.2, 0) is 14.8 Å². The van der Waals surface area contributed by atoms with E-state index in [-0.39, 0.29) is 18.4 Å². The summed E-state index contributed by atoms with van der Waals surface area (Å²) in [5.74, 6) is 0.275. The number of nitrogens with two attached hydrogens (primary N) is 1. The highest BCUT2D eigenvalue weighted by Gasteiger charge is 2.27. The lowest BCUT2D eigenvalue weighted by Crippen LogP contribution is -2.35. The van der Waals surface area contributed by atoms with Gasteiger partial charge in [-0.25, -0.2) is 13.1 Å². The largest absolute Gasteiger partial charge is 0.341 e. The van der Waals surface area contributed by atoms with Gasteiger partial charge < -0.3 is 10.6 Å². The molecular formula is C8H17N3O3S. The summed E-state index contributed by atoms with van der Waals surface area (Å²) in [4.78, 5) is 13.0. The third-order valence-electron chi connectivity index (χ3n) is 2.37. The number of hydrogen-bond acceptors (Lipinski definition) is 4. The molecule has 0 aromatic heterocycles. The van der Waals surface area contributed by atoms with E-state index in [1.54, 1.807) is 4.90 Å². The summed E-state index contributed by atoms with van der Waals surface area (Å²) in [5.41, 5.74) is 5.47. The molecule has 0 aromatic carbocycles. The van der Waals surface area contributed by atoms with Crippen molar-refractivity contribution in [2.45, 2.75) is 6.42 Å². The van der Waals surface area contributed by atoms with Crippen molar-refractivity contribution in [1.29, 1.82) is 0 Å². The van der Waals surface area contributed by atoms with Crippen LogP contribution < -0.4 is 10.5 Å². The normalized spacial score (nSPS) is 22.4. The first-order valence-corrected chi connectivity index (χ1v) is 6.74. The molecule has 0 saturated carbocycles. The van der Waals surface area contributed by atoms with Gasteiger partial charge in [0.05, 0.1) is 6.26 Å². The van der Waals surface area contributed by atoms with Gasteiger partial charge >= 0.3 is 0 Å². The smallest absolute Gasteiger partial charge is 0.223 e. The molecule has 7 heteroatoms. The van der Waals surface area contributed by atoms with Gasteiger partial charge in [0, 0.05) is 26.1 Å². The summed E-state index contributed by atoms with van der Waals surface area (Å²) in [6.45, 7) is 1.83. The maximum atomic E-state index is 11.4. The summed E-state index contributed by atoms with van der Waals surface area (Å²) in [5, 5.41) is 0. The lowest BCUT2D eigenvalue weighted by molar-refractivity contribution is -0.127. The molecule has 88 valence electrons. The van der Waals surface area contributed by atoms with E-state index in [0.29, 0.717) is 26.1 Å². The van der Waals surface area contributed by atoms with Crippen molar-refractivity contribution in [2.75, 3.05) is 32.4 Å². The molecule has 1 fully saturated rings. The Morgan fingerprint density at radius 3 is 2.73 bits per heavy atom. The number of nitrogens with zero attached hydrogens (tertiary/aromatic N) is 1. The number of nitrogens with one attached hydrogen (secondary N) is 1. The third-order valence-corrected chi connectivity index (χ3v) is 3.10. The van der Waals surface area contributed by atoms with E-state index in [0.717, 1.165) is 6.26 Å². The zero-order chi connectivity index (χ0) is 11.5. The van der Waals surface area contributed by atoms with Crippen LogP contribution in [0.3, 0.4) is 0 Å². The maximum absolute atomic E-state index is 11.4. The average molecular weight is 235 g/mol. The molecule has 1 atom stereocenters. The Kier molecular flexibility index (Phi) is 4.06. The van der Waals surface area contributed by atoms with Gasteiger partial charge in [-0.05, 0) is 12.5 Å². The molecule has 6 nitrogen and oxygen atoms in total. The van der Waals surface area contributed by atoms with Gasteiger partial charge in [-0.2, -0.15) is 0 Å². The minimum absolute atomic E-state index is 0.0563. The lowest BCUT2D eigenvalue weighted by Gasteiger charge is -2.16. The lowest BCUT2D eigenvalue weighted by atomic mass is 10.1. The fraction of sp³-hybridized carbons (Fsp3) is 0.875. The molecule has 1 unspecified atom stereocenters. The topological polar surface area (TPSA) is 92.5 Å². The SMILES string of the molecule is CS(=O)(=O)NCCN1CC(CN)CC1=O. The van der Waals surface area contributed by atoms with E-state index in [1.165, 1.54) is 0 Å². The molecule has 1 aliphatic heterocycles. The monoisotopic (exact) mass is 235 g/mol. The minimum atomic E-state index is -3.17. The van der Waals surface area contributed by atoms with Crippen LogP contribution in [0.1, 0.15) is 6.42 Å². The predicted molar refractivity (Wildman–Crippen MR) is 56.6 cm³/mol. The van der Waals surface area contributed by atoms with Crippen molar-refractivity contribution in [1.82, 2.24) is 9.62 Å². The number of sulfonamides is 1. The minimum Gasteiger partial charge on any atom is -0.341 e. The zero-order valence-corrected chi connectivity index (χ0v) is 9.59. The number of amides is 1. The van der Waals surface area contributed by atoms with Gasteiger partial charge in [-0.3, -0.25) is 4.79 Å². The van der Waals surface area contributed by atoms with E-state index in [2.05, 4.69) is 4.72 Å². The van der Waals surface area contributed by atoms with Gasteiger partial charge in [0.1, 0.15) is 0 Å². The molecule has 0 aromatic rings. The quantitative estimate of drug-likeness (QED) is 0.596. The van der Waals surface area contributed by atoms with Gasteiger partial charge in [0.2, 0.25) is 15.9 Å². The summed E-state index contributed by atoms with van der Waals surface area (Å²) >= 11 is 0. The van der Waals surface area contributed by atoms with Gasteiger partial charge in [0.25, 0.3) is 0 Å². The van der Waals surface area contributed by atoms with Crippen molar-refractivity contribution in [3.63, 3.8) is 0 Å². The highest BCUT2D eigenvalue weighted by Crippen LogP contribution is 2.15. The Morgan fingerprint density at radius 1 is 1.60 bits per heavy atom. The Hall–Kier alpha value is -0.660. The van der Waals surface area contributed by atoms with Gasteiger partial charge in [0.15, 0.2) is 0 Å². The van der Waals surface area contributed by atoms with Crippen LogP contribution in [0, 0.1) is 5.92 Å². The van der Waals surface area contributed by atoms with Gasteiger partial charge in [-0.15, -0.1) is 0 Å². The zero-order valence-electron chi connectivity index (χ0n) is 8.77. The summed E-state index contributed by atoms with van der Waals surface area (Å²) < 4.78 is 23.9. The van der Waals surface area contributed by atoms with Gasteiger partial charge in [-0.1, -0.05) is 0 Å². The van der Waals surface area contributed by atoms with E-state index >= 15 is 0 Å². The molecule has 1 heterocycles. The fourth-order valence-electron chi connectivity index (χ4n) is 1.59. The van der Waals surface area contributed by atoms with Crippen LogP contribution >= 0.6 is 0 Å². The second kappa shape index (κ2) is 4.91. The van der Waals surface area contributed by atoms with E-state index in [9.17, 15) is 13.2 Å². The van der Waals surface area contributed by atoms with E-state index in [4.69, 9.17) is 5.73 Å². The molecule has 1 aliphatic rings. The van der Waals surface area contributed by atoms with E-state index < -0.39 is 10.0 Å². The Balaban J connectivity index is 2.31. The summed E-state index contributed by atoms with van der Waals surface area (Å²) in [6, 6.07) is 0. The molecule has 3 N–H and O–H groups in total. The third kappa shape index (κ3) is 4.15. The van der Waals surface area contributed by atoms with Crippen LogP contribution in [-0.4, -0.2) is 51.7 Å². The van der Waals surface area contributed by atoms with Crippen molar-refractivity contribution in [2.24, 2.45) is 11.7 Å². The average Bonchev–Trinajstić information content (AvgIpc) is 2.45. The van der Waals surface area contributed by atoms with Crippen molar-refractivity contribution >= 4 is 15.9 Å². The Morgan fingerprint density at radius 2 is 2.27 bits per heavy atom. The molecule has 1 rings (SSSR count). The summed E-state index contributed by atoms with van der Waals surface area (Å²) in [7, 11) is -3.17. The molecule has 0 radical (unpaired) electrons. The number of hydrogen-bond donors (Lipinski definition) is 2. The summed E-state index contributed by atoms with van der Waals surface area (Å²) in [6.07, 6.45) is 1.58. The molecule has 0 bridgehead atoms. The van der Waals surface area contributed by atoms with Crippen LogP contribution in [0.4, 0.5) is 0 Å². The highest BCUT2D eigenvalue weighted by molar-refractivity contribution is 7.88. The van der Waals surface area contributed by atoms with Crippen LogP contribution in [0.15, 0.2) is 0 Å². The predicted octanol–water partition coefficient (Wildman–Crippen LogP) is -1.66. The molecule has 0 spiro atoms. The molecule has 1 saturated heterocycles. The fourth-order valence-corrected chi connectivity index (χ4v) is 2.06. The number of carbonyl (C=O) groups excluding carboxylic acids is 1. The maximum Gasteiger partial charge on any atom is 0.223 e. The second-order valence-electron chi connectivity index (χ2n) is 3.81.